The summed E-state index contributed by atoms with van der Waals surface area (Å²) in [6, 6.07) is 18.2. The van der Waals surface area contributed by atoms with Gasteiger partial charge in [-0.25, -0.2) is 23.1 Å². The number of nitrogens with zero attached hydrogens (tertiary/aromatic N) is 4. The first-order valence-corrected chi connectivity index (χ1v) is 14.6. The molecule has 0 saturated carbocycles. The van der Waals surface area contributed by atoms with Crippen LogP contribution in [0.15, 0.2) is 66.7 Å². The number of rotatable bonds is 9. The van der Waals surface area contributed by atoms with Gasteiger partial charge in [-0.2, -0.15) is 5.26 Å². The van der Waals surface area contributed by atoms with Crippen LogP contribution < -0.4 is 4.74 Å². The molecule has 0 amide bonds. The van der Waals surface area contributed by atoms with Gasteiger partial charge in [0, 0.05) is 48.9 Å². The van der Waals surface area contributed by atoms with E-state index >= 15 is 8.78 Å². The Morgan fingerprint density at radius 3 is 2.53 bits per heavy atom. The van der Waals surface area contributed by atoms with E-state index in [2.05, 4.69) is 4.98 Å². The van der Waals surface area contributed by atoms with E-state index in [1.807, 2.05) is 16.7 Å². The van der Waals surface area contributed by atoms with E-state index in [4.69, 9.17) is 19.7 Å². The maximum atomic E-state index is 15.6. The molecule has 0 aliphatic carbocycles. The van der Waals surface area contributed by atoms with E-state index in [1.54, 1.807) is 18.2 Å². The van der Waals surface area contributed by atoms with Gasteiger partial charge in [-0.05, 0) is 79.8 Å². The van der Waals surface area contributed by atoms with Crippen LogP contribution in [-0.2, 0) is 24.3 Å². The molecule has 3 heterocycles. The highest BCUT2D eigenvalue weighted by molar-refractivity contribution is 5.97. The molecule has 10 heteroatoms. The van der Waals surface area contributed by atoms with Crippen LogP contribution in [0, 0.1) is 34.7 Å². The lowest BCUT2D eigenvalue weighted by atomic mass is 10.00. The zero-order chi connectivity index (χ0) is 31.5. The fourth-order valence-corrected chi connectivity index (χ4v) is 5.54. The minimum absolute atomic E-state index is 0.0447. The van der Waals surface area contributed by atoms with Crippen LogP contribution in [0.3, 0.4) is 0 Å². The van der Waals surface area contributed by atoms with Crippen molar-refractivity contribution in [2.75, 3.05) is 13.2 Å². The summed E-state index contributed by atoms with van der Waals surface area (Å²) in [5.74, 6) is -0.930. The molecule has 45 heavy (non-hydrogen) atoms. The van der Waals surface area contributed by atoms with Crippen molar-refractivity contribution < 1.29 is 27.4 Å². The lowest BCUT2D eigenvalue weighted by Gasteiger charge is -2.23. The van der Waals surface area contributed by atoms with Crippen molar-refractivity contribution in [2.24, 2.45) is 5.92 Å². The van der Waals surface area contributed by atoms with Crippen molar-refractivity contribution in [3.8, 4) is 23.2 Å². The standard InChI is InChI=1S/C35H29F3N4O3/c1-21(43)24-7-8-32-33(15-24)42(19-22-9-11-44-12-10-22)34(40-32)16-26-14-30(38)27(17-29(26)37)31-3-2-4-35(41-31)45-20-25-6-5-23(18-39)13-28(25)36/h2-8,13-15,17,22H,9-12,16,19-20H2,1H3. The van der Waals surface area contributed by atoms with E-state index in [9.17, 15) is 9.18 Å². The predicted octanol–water partition coefficient (Wildman–Crippen LogP) is 7.19. The zero-order valence-electron chi connectivity index (χ0n) is 24.5. The van der Waals surface area contributed by atoms with E-state index in [1.165, 1.54) is 31.2 Å². The lowest BCUT2D eigenvalue weighted by Crippen LogP contribution is -2.21. The number of ketones is 1. The second-order valence-corrected chi connectivity index (χ2v) is 11.1. The molecule has 0 bridgehead atoms. The monoisotopic (exact) mass is 610 g/mol. The molecule has 0 spiro atoms. The van der Waals surface area contributed by atoms with Gasteiger partial charge >= 0.3 is 0 Å². The first-order chi connectivity index (χ1) is 21.8. The fourth-order valence-electron chi connectivity index (χ4n) is 5.54. The Hall–Kier alpha value is -5.01. The number of nitriles is 1. The molecule has 1 aliphatic heterocycles. The van der Waals surface area contributed by atoms with Crippen LogP contribution in [0.4, 0.5) is 13.2 Å². The molecule has 0 N–H and O–H groups in total. The Morgan fingerprint density at radius 2 is 1.78 bits per heavy atom. The summed E-state index contributed by atoms with van der Waals surface area (Å²) < 4.78 is 58.6. The number of hydrogen-bond acceptors (Lipinski definition) is 6. The van der Waals surface area contributed by atoms with Gasteiger partial charge in [0.1, 0.15) is 29.9 Å². The summed E-state index contributed by atoms with van der Waals surface area (Å²) in [4.78, 5) is 21.2. The second-order valence-electron chi connectivity index (χ2n) is 11.1. The number of fused-ring (bicyclic) bond motifs is 1. The first-order valence-electron chi connectivity index (χ1n) is 14.6. The maximum absolute atomic E-state index is 15.6. The third kappa shape index (κ3) is 6.59. The number of imidazole rings is 1. The molecular weight excluding hydrogens is 581 g/mol. The highest BCUT2D eigenvalue weighted by Gasteiger charge is 2.21. The molecule has 6 rings (SSSR count). The Bertz CT molecular complexity index is 1940. The van der Waals surface area contributed by atoms with Crippen molar-refractivity contribution in [3.05, 3.63) is 112 Å². The lowest BCUT2D eigenvalue weighted by molar-refractivity contribution is 0.0614. The predicted molar refractivity (Wildman–Crippen MR) is 161 cm³/mol. The summed E-state index contributed by atoms with van der Waals surface area (Å²) in [5, 5.41) is 8.93. The van der Waals surface area contributed by atoms with Crippen LogP contribution in [0.2, 0.25) is 0 Å². The highest BCUT2D eigenvalue weighted by Crippen LogP contribution is 2.29. The number of benzene rings is 3. The normalized spacial score (nSPS) is 13.6. The molecule has 0 radical (unpaired) electrons. The van der Waals surface area contributed by atoms with Gasteiger partial charge in [0.15, 0.2) is 5.78 Å². The SMILES string of the molecule is CC(=O)c1ccc2nc(Cc3cc(F)c(-c4cccc(OCc5ccc(C#N)cc5F)n4)cc3F)n(CC3CCOCC3)c2c1. The second kappa shape index (κ2) is 12.9. The van der Waals surface area contributed by atoms with Gasteiger partial charge < -0.3 is 14.0 Å². The Labute approximate surface area is 257 Å². The van der Waals surface area contributed by atoms with Crippen molar-refractivity contribution in [1.29, 1.82) is 5.26 Å². The number of halogens is 3. The number of hydrogen-bond donors (Lipinski definition) is 0. The Kier molecular flexibility index (Phi) is 8.62. The average Bonchev–Trinajstić information content (AvgIpc) is 3.38. The van der Waals surface area contributed by atoms with Crippen molar-refractivity contribution in [2.45, 2.75) is 39.3 Å². The molecule has 1 aliphatic rings. The van der Waals surface area contributed by atoms with Gasteiger partial charge in [-0.1, -0.05) is 12.1 Å². The number of Topliss-reactive ketones (excluding diaryl/α,β-unsaturated/α-hetero) is 1. The minimum Gasteiger partial charge on any atom is -0.473 e. The van der Waals surface area contributed by atoms with Crippen molar-refractivity contribution >= 4 is 16.8 Å². The van der Waals surface area contributed by atoms with Crippen LogP contribution in [0.5, 0.6) is 5.88 Å². The molecule has 0 atom stereocenters. The smallest absolute Gasteiger partial charge is 0.214 e. The van der Waals surface area contributed by atoms with E-state index in [0.717, 1.165) is 36.6 Å². The molecule has 5 aromatic rings. The van der Waals surface area contributed by atoms with Gasteiger partial charge in [0.25, 0.3) is 0 Å². The van der Waals surface area contributed by atoms with Crippen LogP contribution in [-0.4, -0.2) is 33.5 Å². The van der Waals surface area contributed by atoms with Crippen molar-refractivity contribution in [1.82, 2.24) is 14.5 Å². The number of aromatic nitrogens is 3. The third-order valence-corrected chi connectivity index (χ3v) is 8.06. The highest BCUT2D eigenvalue weighted by atomic mass is 19.1. The van der Waals surface area contributed by atoms with Crippen LogP contribution in [0.1, 0.15) is 52.6 Å². The summed E-state index contributed by atoms with van der Waals surface area (Å²) in [6.07, 6.45) is 1.80. The maximum Gasteiger partial charge on any atom is 0.214 e. The average molecular weight is 611 g/mol. The number of ether oxygens (including phenoxy) is 2. The Balaban J connectivity index is 1.26. The first kappa shape index (κ1) is 30.0. The quantitative estimate of drug-likeness (QED) is 0.164. The molecule has 228 valence electrons. The van der Waals surface area contributed by atoms with E-state index in [-0.39, 0.29) is 52.6 Å². The number of carbonyl (C=O) groups is 1. The summed E-state index contributed by atoms with van der Waals surface area (Å²) in [6.45, 7) is 3.31. The largest absolute Gasteiger partial charge is 0.473 e. The number of pyridine rings is 1. The molecule has 1 fully saturated rings. The van der Waals surface area contributed by atoms with Crippen molar-refractivity contribution in [3.63, 3.8) is 0 Å². The molecule has 3 aromatic carbocycles. The Morgan fingerprint density at radius 1 is 0.978 bits per heavy atom. The molecule has 0 unspecified atom stereocenters. The molecule has 1 saturated heterocycles. The van der Waals surface area contributed by atoms with Gasteiger partial charge in [-0.3, -0.25) is 4.79 Å². The number of carbonyl (C=O) groups excluding carboxylic acids is 1. The minimum atomic E-state index is -0.667. The summed E-state index contributed by atoms with van der Waals surface area (Å²) in [5.41, 5.74) is 2.68. The van der Waals surface area contributed by atoms with E-state index in [0.29, 0.717) is 42.6 Å². The summed E-state index contributed by atoms with van der Waals surface area (Å²) >= 11 is 0. The van der Waals surface area contributed by atoms with Gasteiger partial charge in [0.2, 0.25) is 5.88 Å². The van der Waals surface area contributed by atoms with Crippen LogP contribution >= 0.6 is 0 Å². The van der Waals surface area contributed by atoms with Crippen LogP contribution in [0.25, 0.3) is 22.3 Å². The molecular formula is C35H29F3N4O3. The third-order valence-electron chi connectivity index (χ3n) is 8.06. The molecule has 2 aromatic heterocycles. The molecule has 7 nitrogen and oxygen atoms in total. The van der Waals surface area contributed by atoms with Gasteiger partial charge in [-0.15, -0.1) is 0 Å². The summed E-state index contributed by atoms with van der Waals surface area (Å²) in [7, 11) is 0. The zero-order valence-corrected chi connectivity index (χ0v) is 24.5. The van der Waals surface area contributed by atoms with Gasteiger partial charge in [0.05, 0.1) is 28.4 Å². The fraction of sp³-hybridized carbons (Fsp3) is 0.257. The van der Waals surface area contributed by atoms with E-state index < -0.39 is 17.5 Å². The topological polar surface area (TPSA) is 90.0 Å².